The van der Waals surface area contributed by atoms with Crippen LogP contribution in [0, 0.1) is 0 Å². The van der Waals surface area contributed by atoms with Gasteiger partial charge in [0.15, 0.2) is 0 Å². The van der Waals surface area contributed by atoms with Gasteiger partial charge in [0.25, 0.3) is 0 Å². The maximum absolute atomic E-state index is 13.1. The van der Waals surface area contributed by atoms with Gasteiger partial charge < -0.3 is 14.3 Å². The molecule has 0 N–H and O–H groups in total. The summed E-state index contributed by atoms with van der Waals surface area (Å²) < 4.78 is 5.54. The fourth-order valence-corrected chi connectivity index (χ4v) is 4.11. The summed E-state index contributed by atoms with van der Waals surface area (Å²) in [6.45, 7) is 5.26. The van der Waals surface area contributed by atoms with Crippen molar-refractivity contribution in [2.24, 2.45) is 0 Å². The molecule has 3 rings (SSSR count). The molecule has 2 aromatic rings. The molecule has 1 aromatic carbocycles. The van der Waals surface area contributed by atoms with E-state index in [4.69, 9.17) is 16.1 Å². The summed E-state index contributed by atoms with van der Waals surface area (Å²) >= 11 is 6.07. The van der Waals surface area contributed by atoms with Crippen molar-refractivity contribution in [3.8, 4) is 11.4 Å². The molecule has 31 heavy (non-hydrogen) atoms. The van der Waals surface area contributed by atoms with E-state index < -0.39 is 0 Å². The minimum absolute atomic E-state index is 0.0406. The van der Waals surface area contributed by atoms with Gasteiger partial charge in [0.2, 0.25) is 23.5 Å². The number of halogens is 1. The average molecular weight is 447 g/mol. The molecule has 1 unspecified atom stereocenters. The van der Waals surface area contributed by atoms with Crippen molar-refractivity contribution in [1.82, 2.24) is 19.9 Å². The van der Waals surface area contributed by atoms with Gasteiger partial charge in [-0.25, -0.2) is 0 Å². The van der Waals surface area contributed by atoms with E-state index in [2.05, 4.69) is 17.1 Å². The van der Waals surface area contributed by atoms with Crippen molar-refractivity contribution in [2.45, 2.75) is 64.8 Å². The highest BCUT2D eigenvalue weighted by atomic mass is 35.5. The number of aromatic nitrogens is 2. The quantitative estimate of drug-likeness (QED) is 0.513. The molecule has 1 saturated heterocycles. The second-order valence-corrected chi connectivity index (χ2v) is 8.37. The fraction of sp³-hybridized carbons (Fsp3) is 0.565. The minimum Gasteiger partial charge on any atom is -0.337 e. The summed E-state index contributed by atoms with van der Waals surface area (Å²) in [6, 6.07) is 7.00. The number of likely N-dealkylation sites (tertiary alicyclic amines) is 1. The molecule has 0 aliphatic carbocycles. The third-order valence-electron chi connectivity index (χ3n) is 5.69. The van der Waals surface area contributed by atoms with Gasteiger partial charge >= 0.3 is 0 Å². The summed E-state index contributed by atoms with van der Waals surface area (Å²) in [4.78, 5) is 33.6. The molecule has 168 valence electrons. The molecule has 1 atom stereocenters. The molecule has 0 saturated carbocycles. The lowest BCUT2D eigenvalue weighted by Crippen LogP contribution is -2.46. The summed E-state index contributed by atoms with van der Waals surface area (Å²) in [5.41, 5.74) is 0.769. The van der Waals surface area contributed by atoms with Crippen molar-refractivity contribution in [2.75, 3.05) is 19.6 Å². The first kappa shape index (κ1) is 23.3. The van der Waals surface area contributed by atoms with E-state index in [0.29, 0.717) is 36.2 Å². The van der Waals surface area contributed by atoms with E-state index in [0.717, 1.165) is 44.1 Å². The monoisotopic (exact) mass is 446 g/mol. The predicted molar refractivity (Wildman–Crippen MR) is 119 cm³/mol. The number of carbonyl (C=O) groups excluding carboxylic acids is 2. The lowest BCUT2D eigenvalue weighted by atomic mass is 10.0. The predicted octanol–water partition coefficient (Wildman–Crippen LogP) is 4.87. The van der Waals surface area contributed by atoms with E-state index >= 15 is 0 Å². The smallest absolute Gasteiger partial charge is 0.249 e. The maximum Gasteiger partial charge on any atom is 0.249 e. The average Bonchev–Trinajstić information content (AvgIpc) is 3.27. The second kappa shape index (κ2) is 11.3. The van der Waals surface area contributed by atoms with Crippen LogP contribution in [0.1, 0.15) is 70.7 Å². The van der Waals surface area contributed by atoms with Crippen molar-refractivity contribution >= 4 is 23.4 Å². The van der Waals surface area contributed by atoms with E-state index in [9.17, 15) is 9.59 Å². The molecule has 1 aromatic heterocycles. The third-order valence-corrected chi connectivity index (χ3v) is 5.92. The Balaban J connectivity index is 1.70. The van der Waals surface area contributed by atoms with Gasteiger partial charge in [0.05, 0.1) is 6.54 Å². The molecule has 0 radical (unpaired) electrons. The summed E-state index contributed by atoms with van der Waals surface area (Å²) in [6.07, 6.45) is 6.11. The van der Waals surface area contributed by atoms with Crippen LogP contribution < -0.4 is 0 Å². The number of nitrogens with zero attached hydrogens (tertiary/aromatic N) is 4. The molecule has 2 amide bonds. The van der Waals surface area contributed by atoms with E-state index in [-0.39, 0.29) is 24.4 Å². The van der Waals surface area contributed by atoms with Gasteiger partial charge in [-0.15, -0.1) is 0 Å². The Morgan fingerprint density at radius 2 is 2.10 bits per heavy atom. The first-order chi connectivity index (χ1) is 15.0. The Hall–Kier alpha value is -2.41. The number of likely N-dealkylation sites (N-methyl/N-ethyl adjacent to an activating group) is 1. The van der Waals surface area contributed by atoms with Crippen molar-refractivity contribution in [3.63, 3.8) is 0 Å². The highest BCUT2D eigenvalue weighted by Crippen LogP contribution is 2.31. The maximum atomic E-state index is 13.1. The molecule has 0 spiro atoms. The van der Waals surface area contributed by atoms with Crippen LogP contribution in [0.15, 0.2) is 28.8 Å². The molecule has 1 aliphatic rings. The van der Waals surface area contributed by atoms with Gasteiger partial charge in [-0.3, -0.25) is 9.59 Å². The fourth-order valence-electron chi connectivity index (χ4n) is 3.92. The minimum atomic E-state index is -0.268. The molecule has 2 heterocycles. The van der Waals surface area contributed by atoms with Crippen LogP contribution in [-0.2, 0) is 9.59 Å². The summed E-state index contributed by atoms with van der Waals surface area (Å²) in [5, 5.41) is 4.70. The zero-order valence-electron chi connectivity index (χ0n) is 18.3. The number of carbonyl (C=O) groups is 2. The first-order valence-electron chi connectivity index (χ1n) is 11.2. The van der Waals surface area contributed by atoms with Gasteiger partial charge in [-0.05, 0) is 44.7 Å². The second-order valence-electron chi connectivity index (χ2n) is 7.93. The van der Waals surface area contributed by atoms with Crippen molar-refractivity contribution in [3.05, 3.63) is 35.2 Å². The summed E-state index contributed by atoms with van der Waals surface area (Å²) in [5.74, 6) is 0.855. The van der Waals surface area contributed by atoms with Crippen LogP contribution in [0.25, 0.3) is 11.4 Å². The highest BCUT2D eigenvalue weighted by molar-refractivity contribution is 6.30. The van der Waals surface area contributed by atoms with Crippen LogP contribution >= 0.6 is 11.6 Å². The van der Waals surface area contributed by atoms with E-state index in [1.807, 2.05) is 19.1 Å². The molecule has 1 fully saturated rings. The number of amides is 2. The number of hydrogen-bond donors (Lipinski definition) is 0. The lowest BCUT2D eigenvalue weighted by Gasteiger charge is -2.35. The number of piperidine rings is 1. The Morgan fingerprint density at radius 1 is 1.26 bits per heavy atom. The zero-order valence-corrected chi connectivity index (χ0v) is 19.1. The topological polar surface area (TPSA) is 79.5 Å². The highest BCUT2D eigenvalue weighted by Gasteiger charge is 2.33. The number of benzene rings is 1. The van der Waals surface area contributed by atoms with Gasteiger partial charge in [-0.1, -0.05) is 48.7 Å². The number of rotatable bonds is 9. The zero-order chi connectivity index (χ0) is 22.2. The van der Waals surface area contributed by atoms with Crippen LogP contribution in [0.3, 0.4) is 0 Å². The molecule has 8 heteroatoms. The van der Waals surface area contributed by atoms with Crippen molar-refractivity contribution in [1.29, 1.82) is 0 Å². The van der Waals surface area contributed by atoms with Crippen LogP contribution in [0.2, 0.25) is 5.02 Å². The van der Waals surface area contributed by atoms with Crippen LogP contribution in [0.5, 0.6) is 0 Å². The van der Waals surface area contributed by atoms with Crippen LogP contribution in [-0.4, -0.2) is 51.4 Å². The Labute approximate surface area is 188 Å². The molecular formula is C23H31ClN4O3. The largest absolute Gasteiger partial charge is 0.337 e. The Morgan fingerprint density at radius 3 is 2.84 bits per heavy atom. The lowest BCUT2D eigenvalue weighted by molar-refractivity contribution is -0.143. The normalized spacial score (nSPS) is 16.4. The van der Waals surface area contributed by atoms with E-state index in [1.54, 1.807) is 21.9 Å². The molecule has 0 bridgehead atoms. The first-order valence-corrected chi connectivity index (χ1v) is 11.6. The van der Waals surface area contributed by atoms with Gasteiger partial charge in [0.1, 0.15) is 6.04 Å². The summed E-state index contributed by atoms with van der Waals surface area (Å²) in [7, 11) is 0. The number of unbranched alkanes of at least 4 members (excludes halogenated alkanes) is 2. The van der Waals surface area contributed by atoms with Crippen molar-refractivity contribution < 1.29 is 14.1 Å². The Bertz CT molecular complexity index is 885. The molecule has 1 aliphatic heterocycles. The third kappa shape index (κ3) is 6.06. The standard InChI is InChI=1S/C23H31ClN4O3/c1-3-5-6-13-20(29)27(4-2)16-21(30)28-14-8-7-12-19(28)23-25-22(26-31-23)17-10-9-11-18(24)15-17/h9-11,15,19H,3-8,12-14,16H2,1-2H3. The van der Waals surface area contributed by atoms with Gasteiger partial charge in [0, 0.05) is 30.1 Å². The number of hydrogen-bond acceptors (Lipinski definition) is 5. The van der Waals surface area contributed by atoms with Crippen LogP contribution in [0.4, 0.5) is 0 Å². The van der Waals surface area contributed by atoms with E-state index in [1.165, 1.54) is 0 Å². The SMILES string of the molecule is CCCCCC(=O)N(CC)CC(=O)N1CCCCC1c1nc(-c2cccc(Cl)c2)no1. The molecule has 7 nitrogen and oxygen atoms in total. The Kier molecular flexibility index (Phi) is 8.46. The molecular weight excluding hydrogens is 416 g/mol. The van der Waals surface area contributed by atoms with Gasteiger partial charge in [-0.2, -0.15) is 4.98 Å².